The molecule has 0 bridgehead atoms. The Kier molecular flexibility index (Phi) is 3.01. The Labute approximate surface area is 79.5 Å². The van der Waals surface area contributed by atoms with Gasteiger partial charge in [0, 0.05) is 11.8 Å². The number of carbonyl (C=O) groups is 1. The van der Waals surface area contributed by atoms with Crippen LogP contribution in [0, 0.1) is 0 Å². The zero-order valence-corrected chi connectivity index (χ0v) is 7.46. The zero-order valence-electron chi connectivity index (χ0n) is 7.46. The molecular weight excluding hydrogens is 192 g/mol. The number of nitrogens with two attached hydrogens (primary N) is 1. The van der Waals surface area contributed by atoms with Crippen molar-refractivity contribution in [3.8, 4) is 5.75 Å². The lowest BCUT2D eigenvalue weighted by Gasteiger charge is -2.08. The fourth-order valence-corrected chi connectivity index (χ4v) is 1.02. The molecule has 0 spiro atoms. The van der Waals surface area contributed by atoms with Crippen molar-refractivity contribution in [2.24, 2.45) is 0 Å². The molecule has 0 saturated heterocycles. The number of anilines is 1. The molecule has 0 fully saturated rings. The molecule has 1 aromatic rings. The number of benzene rings is 1. The van der Waals surface area contributed by atoms with Gasteiger partial charge < -0.3 is 10.5 Å². The molecule has 0 amide bonds. The van der Waals surface area contributed by atoms with E-state index >= 15 is 0 Å². The van der Waals surface area contributed by atoms with Crippen LogP contribution in [0.5, 0.6) is 5.75 Å². The molecule has 1 aromatic carbocycles. The maximum absolute atomic E-state index is 11.9. The molecule has 76 valence electrons. The summed E-state index contributed by atoms with van der Waals surface area (Å²) in [5, 5.41) is 0. The van der Waals surface area contributed by atoms with Crippen LogP contribution in [-0.2, 0) is 0 Å². The average molecular weight is 201 g/mol. The second-order valence-corrected chi connectivity index (χ2v) is 2.69. The first-order chi connectivity index (χ1) is 6.50. The molecule has 0 unspecified atom stereocenters. The predicted molar refractivity (Wildman–Crippen MR) is 47.5 cm³/mol. The van der Waals surface area contributed by atoms with Crippen molar-refractivity contribution in [1.82, 2.24) is 0 Å². The topological polar surface area (TPSA) is 52.3 Å². The summed E-state index contributed by atoms with van der Waals surface area (Å²) in [4.78, 5) is 11.0. The van der Waals surface area contributed by atoms with E-state index in [0.29, 0.717) is 0 Å². The monoisotopic (exact) mass is 201 g/mol. The highest BCUT2D eigenvalue weighted by Crippen LogP contribution is 2.23. The van der Waals surface area contributed by atoms with Crippen LogP contribution in [-0.4, -0.2) is 12.4 Å². The first-order valence-corrected chi connectivity index (χ1v) is 3.86. The number of ketones is 1. The van der Waals surface area contributed by atoms with Crippen molar-refractivity contribution >= 4 is 11.5 Å². The van der Waals surface area contributed by atoms with Gasteiger partial charge in [0.25, 0.3) is 0 Å². The minimum atomic E-state index is -2.96. The number of alkyl halides is 2. The second-order valence-electron chi connectivity index (χ2n) is 2.69. The smallest absolute Gasteiger partial charge is 0.387 e. The summed E-state index contributed by atoms with van der Waals surface area (Å²) in [6.07, 6.45) is 0. The van der Waals surface area contributed by atoms with Gasteiger partial charge in [-0.15, -0.1) is 0 Å². The SMILES string of the molecule is CC(=O)c1ccc(N)cc1OC(F)F. The lowest BCUT2D eigenvalue weighted by Crippen LogP contribution is -2.07. The van der Waals surface area contributed by atoms with Crippen LogP contribution in [0.4, 0.5) is 14.5 Å². The fourth-order valence-electron chi connectivity index (χ4n) is 1.02. The largest absolute Gasteiger partial charge is 0.434 e. The van der Waals surface area contributed by atoms with E-state index in [1.165, 1.54) is 25.1 Å². The van der Waals surface area contributed by atoms with Gasteiger partial charge in [-0.05, 0) is 19.1 Å². The van der Waals surface area contributed by atoms with Crippen LogP contribution in [0.15, 0.2) is 18.2 Å². The Morgan fingerprint density at radius 1 is 1.50 bits per heavy atom. The summed E-state index contributed by atoms with van der Waals surface area (Å²) >= 11 is 0. The number of ether oxygens (including phenoxy) is 1. The molecule has 14 heavy (non-hydrogen) atoms. The molecule has 5 heteroatoms. The molecule has 0 atom stereocenters. The number of Topliss-reactive ketones (excluding diaryl/α,β-unsaturated/α-hetero) is 1. The van der Waals surface area contributed by atoms with E-state index < -0.39 is 6.61 Å². The molecule has 0 saturated carbocycles. The van der Waals surface area contributed by atoms with Gasteiger partial charge >= 0.3 is 6.61 Å². The number of halogens is 2. The quantitative estimate of drug-likeness (QED) is 0.601. The third-order valence-corrected chi connectivity index (χ3v) is 1.60. The standard InChI is InChI=1S/C9H9F2NO2/c1-5(13)7-3-2-6(12)4-8(7)14-9(10)11/h2-4,9H,12H2,1H3. The molecule has 2 N–H and O–H groups in total. The summed E-state index contributed by atoms with van der Waals surface area (Å²) in [7, 11) is 0. The van der Waals surface area contributed by atoms with Crippen LogP contribution < -0.4 is 10.5 Å². The van der Waals surface area contributed by atoms with E-state index in [-0.39, 0.29) is 22.8 Å². The maximum atomic E-state index is 11.9. The third-order valence-electron chi connectivity index (χ3n) is 1.60. The van der Waals surface area contributed by atoms with Crippen molar-refractivity contribution in [2.45, 2.75) is 13.5 Å². The Bertz CT molecular complexity index is 353. The van der Waals surface area contributed by atoms with E-state index in [0.717, 1.165) is 0 Å². The van der Waals surface area contributed by atoms with Crippen molar-refractivity contribution in [1.29, 1.82) is 0 Å². The van der Waals surface area contributed by atoms with E-state index in [1.54, 1.807) is 0 Å². The van der Waals surface area contributed by atoms with Crippen molar-refractivity contribution < 1.29 is 18.3 Å². The van der Waals surface area contributed by atoms with Crippen molar-refractivity contribution in [2.75, 3.05) is 5.73 Å². The summed E-state index contributed by atoms with van der Waals surface area (Å²) in [6, 6.07) is 4.01. The molecule has 0 aliphatic rings. The molecule has 0 aliphatic carbocycles. The van der Waals surface area contributed by atoms with Crippen LogP contribution >= 0.6 is 0 Å². The molecule has 1 rings (SSSR count). The Hall–Kier alpha value is -1.65. The highest BCUT2D eigenvalue weighted by molar-refractivity contribution is 5.97. The van der Waals surface area contributed by atoms with Crippen LogP contribution in [0.3, 0.4) is 0 Å². The van der Waals surface area contributed by atoms with Gasteiger partial charge in [0.05, 0.1) is 5.56 Å². The van der Waals surface area contributed by atoms with Crippen molar-refractivity contribution in [3.63, 3.8) is 0 Å². The number of hydrogen-bond donors (Lipinski definition) is 1. The van der Waals surface area contributed by atoms with Gasteiger partial charge in [-0.3, -0.25) is 4.79 Å². The van der Waals surface area contributed by atoms with Crippen LogP contribution in [0.1, 0.15) is 17.3 Å². The minimum absolute atomic E-state index is 0.0968. The Morgan fingerprint density at radius 3 is 2.64 bits per heavy atom. The van der Waals surface area contributed by atoms with Gasteiger partial charge in [0.1, 0.15) is 5.75 Å². The molecule has 0 aliphatic heterocycles. The molecule has 0 radical (unpaired) electrons. The van der Waals surface area contributed by atoms with Crippen molar-refractivity contribution in [3.05, 3.63) is 23.8 Å². The van der Waals surface area contributed by atoms with Gasteiger partial charge in [-0.1, -0.05) is 0 Å². The van der Waals surface area contributed by atoms with Gasteiger partial charge in [-0.25, -0.2) is 0 Å². The average Bonchev–Trinajstić information content (AvgIpc) is 2.01. The molecular formula is C9H9F2NO2. The first-order valence-electron chi connectivity index (χ1n) is 3.86. The molecule has 0 heterocycles. The summed E-state index contributed by atoms with van der Waals surface area (Å²) in [5.74, 6) is -0.534. The number of nitrogen functional groups attached to an aromatic ring is 1. The zero-order chi connectivity index (χ0) is 10.7. The Balaban J connectivity index is 3.09. The summed E-state index contributed by atoms with van der Waals surface area (Å²) in [6.45, 7) is -1.70. The lowest BCUT2D eigenvalue weighted by atomic mass is 10.1. The summed E-state index contributed by atoms with van der Waals surface area (Å²) < 4.78 is 28.0. The lowest BCUT2D eigenvalue weighted by molar-refractivity contribution is -0.0500. The maximum Gasteiger partial charge on any atom is 0.387 e. The molecule has 0 aromatic heterocycles. The normalized spacial score (nSPS) is 10.3. The second kappa shape index (κ2) is 4.04. The number of carbonyl (C=O) groups excluding carboxylic acids is 1. The van der Waals surface area contributed by atoms with Gasteiger partial charge in [-0.2, -0.15) is 8.78 Å². The highest BCUT2D eigenvalue weighted by atomic mass is 19.3. The number of rotatable bonds is 3. The van der Waals surface area contributed by atoms with Gasteiger partial charge in [0.2, 0.25) is 0 Å². The van der Waals surface area contributed by atoms with Crippen LogP contribution in [0.2, 0.25) is 0 Å². The number of hydrogen-bond acceptors (Lipinski definition) is 3. The highest BCUT2D eigenvalue weighted by Gasteiger charge is 2.12. The van der Waals surface area contributed by atoms with Crippen LogP contribution in [0.25, 0.3) is 0 Å². The van der Waals surface area contributed by atoms with E-state index in [9.17, 15) is 13.6 Å². The predicted octanol–water partition coefficient (Wildman–Crippen LogP) is 2.07. The van der Waals surface area contributed by atoms with Gasteiger partial charge in [0.15, 0.2) is 5.78 Å². The first kappa shape index (κ1) is 10.4. The Morgan fingerprint density at radius 2 is 2.14 bits per heavy atom. The summed E-state index contributed by atoms with van der Waals surface area (Å²) in [5.41, 5.74) is 5.73. The van der Waals surface area contributed by atoms with E-state index in [2.05, 4.69) is 4.74 Å². The van der Waals surface area contributed by atoms with E-state index in [4.69, 9.17) is 5.73 Å². The molecule has 3 nitrogen and oxygen atoms in total. The third kappa shape index (κ3) is 2.42. The fraction of sp³-hybridized carbons (Fsp3) is 0.222. The minimum Gasteiger partial charge on any atom is -0.434 e. The van der Waals surface area contributed by atoms with E-state index in [1.807, 2.05) is 0 Å².